The molecule has 1 aromatic heterocycles. The van der Waals surface area contributed by atoms with Gasteiger partial charge in [0.1, 0.15) is 17.6 Å². The van der Waals surface area contributed by atoms with E-state index in [4.69, 9.17) is 4.42 Å². The van der Waals surface area contributed by atoms with E-state index in [2.05, 4.69) is 31.2 Å². The van der Waals surface area contributed by atoms with Gasteiger partial charge in [-0.3, -0.25) is 4.79 Å². The summed E-state index contributed by atoms with van der Waals surface area (Å²) in [6.45, 7) is 5.37. The van der Waals surface area contributed by atoms with E-state index < -0.39 is 22.0 Å². The molecule has 7 nitrogen and oxygen atoms in total. The number of hydrogen-bond donors (Lipinski definition) is 2. The van der Waals surface area contributed by atoms with Crippen molar-refractivity contribution in [2.75, 3.05) is 0 Å². The normalized spacial score (nSPS) is 12.9. The van der Waals surface area contributed by atoms with E-state index in [1.54, 1.807) is 38.1 Å². The molecule has 3 rings (SSSR count). The van der Waals surface area contributed by atoms with Gasteiger partial charge in [-0.25, -0.2) is 13.8 Å². The molecule has 3 aromatic rings. The molecule has 1 atom stereocenters. The molecule has 2 aromatic carbocycles. The highest BCUT2D eigenvalue weighted by atomic mass is 79.9. The maximum absolute atomic E-state index is 12.7. The topological polar surface area (TPSA) is 101 Å². The highest BCUT2D eigenvalue weighted by molar-refractivity contribution is 9.10. The molecule has 1 heterocycles. The lowest BCUT2D eigenvalue weighted by atomic mass is 10.1. The standard InChI is InChI=1S/C23H24BrN3O4S/c1-15(2)22(27-32(29,30)20-11-4-16(3)5-12-20)23(28)26-25-14-19-10-13-21(31-19)17-6-8-18(24)9-7-17/h4-15,22,27H,1-3H3,(H,26,28)/b25-14-/t22-/m1/s1. The van der Waals surface area contributed by atoms with Crippen molar-refractivity contribution in [3.05, 3.63) is 76.5 Å². The number of rotatable bonds is 8. The minimum Gasteiger partial charge on any atom is -0.455 e. The summed E-state index contributed by atoms with van der Waals surface area (Å²) >= 11 is 3.39. The Kier molecular flexibility index (Phi) is 7.65. The lowest BCUT2D eigenvalue weighted by Crippen LogP contribution is -2.48. The molecule has 0 aliphatic carbocycles. The Labute approximate surface area is 196 Å². The van der Waals surface area contributed by atoms with Gasteiger partial charge in [0.2, 0.25) is 10.0 Å². The van der Waals surface area contributed by atoms with Gasteiger partial charge in [-0.1, -0.05) is 59.6 Å². The number of amides is 1. The third kappa shape index (κ3) is 6.15. The van der Waals surface area contributed by atoms with Crippen molar-refractivity contribution in [1.29, 1.82) is 0 Å². The fourth-order valence-corrected chi connectivity index (χ4v) is 4.47. The molecule has 0 fully saturated rings. The van der Waals surface area contributed by atoms with Crippen LogP contribution in [0.5, 0.6) is 0 Å². The number of halogens is 1. The molecule has 0 saturated heterocycles. The summed E-state index contributed by atoms with van der Waals surface area (Å²) in [5.74, 6) is 0.255. The van der Waals surface area contributed by atoms with Crippen LogP contribution in [0.1, 0.15) is 25.2 Å². The second-order valence-corrected chi connectivity index (χ2v) is 10.2. The number of aryl methyl sites for hydroxylation is 1. The average molecular weight is 518 g/mol. The second kappa shape index (κ2) is 10.2. The number of hydrogen-bond acceptors (Lipinski definition) is 5. The zero-order valence-corrected chi connectivity index (χ0v) is 20.3. The van der Waals surface area contributed by atoms with Gasteiger partial charge < -0.3 is 4.42 Å². The highest BCUT2D eigenvalue weighted by Crippen LogP contribution is 2.23. The molecular weight excluding hydrogens is 494 g/mol. The van der Waals surface area contributed by atoms with E-state index in [0.29, 0.717) is 11.5 Å². The third-order valence-electron chi connectivity index (χ3n) is 4.68. The molecule has 9 heteroatoms. The predicted molar refractivity (Wildman–Crippen MR) is 128 cm³/mol. The highest BCUT2D eigenvalue weighted by Gasteiger charge is 2.28. The third-order valence-corrected chi connectivity index (χ3v) is 6.67. The van der Waals surface area contributed by atoms with Crippen LogP contribution in [0, 0.1) is 12.8 Å². The number of carbonyl (C=O) groups excluding carboxylic acids is 1. The fourth-order valence-electron chi connectivity index (χ4n) is 2.87. The van der Waals surface area contributed by atoms with E-state index in [0.717, 1.165) is 15.6 Å². The van der Waals surface area contributed by atoms with Crippen LogP contribution < -0.4 is 10.1 Å². The van der Waals surface area contributed by atoms with E-state index in [1.165, 1.54) is 18.3 Å². The Hall–Kier alpha value is -2.75. The van der Waals surface area contributed by atoms with Gasteiger partial charge in [-0.15, -0.1) is 0 Å². The van der Waals surface area contributed by atoms with Gasteiger partial charge in [-0.2, -0.15) is 9.82 Å². The summed E-state index contributed by atoms with van der Waals surface area (Å²) in [6, 6.07) is 16.6. The van der Waals surface area contributed by atoms with Crippen molar-refractivity contribution in [3.63, 3.8) is 0 Å². The van der Waals surface area contributed by atoms with Gasteiger partial charge >= 0.3 is 0 Å². The molecule has 32 heavy (non-hydrogen) atoms. The van der Waals surface area contributed by atoms with Gasteiger partial charge in [0.05, 0.1) is 11.1 Å². The molecule has 2 N–H and O–H groups in total. The second-order valence-electron chi connectivity index (χ2n) is 7.60. The summed E-state index contributed by atoms with van der Waals surface area (Å²) in [4.78, 5) is 12.7. The first kappa shape index (κ1) is 23.9. The SMILES string of the molecule is Cc1ccc(S(=O)(=O)N[C@@H](C(=O)N/N=C\c2ccc(-c3ccc(Br)cc3)o2)C(C)C)cc1. The van der Waals surface area contributed by atoms with E-state index >= 15 is 0 Å². The Bertz CT molecular complexity index is 1200. The number of furan rings is 1. The molecule has 0 unspecified atom stereocenters. The monoisotopic (exact) mass is 517 g/mol. The van der Waals surface area contributed by atoms with Crippen LogP contribution in [0.4, 0.5) is 0 Å². The molecule has 1 amide bonds. The van der Waals surface area contributed by atoms with Crippen molar-refractivity contribution in [1.82, 2.24) is 10.1 Å². The minimum atomic E-state index is -3.86. The van der Waals surface area contributed by atoms with Gasteiger partial charge in [0, 0.05) is 10.0 Å². The van der Waals surface area contributed by atoms with Crippen LogP contribution in [-0.2, 0) is 14.8 Å². The summed E-state index contributed by atoms with van der Waals surface area (Å²) in [6.07, 6.45) is 1.37. The largest absolute Gasteiger partial charge is 0.455 e. The first-order chi connectivity index (χ1) is 15.2. The molecule has 0 saturated carbocycles. The van der Waals surface area contributed by atoms with Crippen molar-refractivity contribution in [3.8, 4) is 11.3 Å². The lowest BCUT2D eigenvalue weighted by molar-refractivity contribution is -0.123. The van der Waals surface area contributed by atoms with Crippen LogP contribution in [-0.4, -0.2) is 26.6 Å². The Morgan fingerprint density at radius 2 is 1.69 bits per heavy atom. The van der Waals surface area contributed by atoms with Crippen LogP contribution in [0.3, 0.4) is 0 Å². The Morgan fingerprint density at radius 3 is 2.31 bits per heavy atom. The first-order valence-corrected chi connectivity index (χ1v) is 12.2. The van der Waals surface area contributed by atoms with Crippen LogP contribution in [0.25, 0.3) is 11.3 Å². The number of sulfonamides is 1. The number of hydrazone groups is 1. The van der Waals surface area contributed by atoms with E-state index in [1.807, 2.05) is 31.2 Å². The smallest absolute Gasteiger partial charge is 0.258 e. The maximum atomic E-state index is 12.7. The summed E-state index contributed by atoms with van der Waals surface area (Å²) in [5.41, 5.74) is 4.24. The van der Waals surface area contributed by atoms with Gasteiger partial charge in [0.25, 0.3) is 5.91 Å². The van der Waals surface area contributed by atoms with Crippen molar-refractivity contribution in [2.45, 2.75) is 31.7 Å². The number of benzene rings is 2. The zero-order chi connectivity index (χ0) is 23.3. The van der Waals surface area contributed by atoms with Crippen molar-refractivity contribution >= 4 is 38.1 Å². The molecule has 0 bridgehead atoms. The average Bonchev–Trinajstić information content (AvgIpc) is 3.21. The molecule has 0 aliphatic rings. The summed E-state index contributed by atoms with van der Waals surface area (Å²) < 4.78 is 34.5. The van der Waals surface area contributed by atoms with Crippen molar-refractivity contribution < 1.29 is 17.6 Å². The summed E-state index contributed by atoms with van der Waals surface area (Å²) in [7, 11) is -3.86. The Morgan fingerprint density at radius 1 is 1.03 bits per heavy atom. The molecule has 168 valence electrons. The number of carbonyl (C=O) groups is 1. The van der Waals surface area contributed by atoms with Gasteiger partial charge in [-0.05, 0) is 49.2 Å². The molecular formula is C23H24BrN3O4S. The quantitative estimate of drug-likeness (QED) is 0.340. The summed E-state index contributed by atoms with van der Waals surface area (Å²) in [5, 5.41) is 3.92. The zero-order valence-electron chi connectivity index (χ0n) is 17.9. The number of nitrogens with one attached hydrogen (secondary N) is 2. The van der Waals surface area contributed by atoms with Crippen LogP contribution in [0.15, 0.2) is 79.6 Å². The van der Waals surface area contributed by atoms with Gasteiger partial charge in [0.15, 0.2) is 0 Å². The van der Waals surface area contributed by atoms with Crippen molar-refractivity contribution in [2.24, 2.45) is 11.0 Å². The molecule has 0 radical (unpaired) electrons. The fraction of sp³-hybridized carbons (Fsp3) is 0.217. The minimum absolute atomic E-state index is 0.0982. The number of nitrogens with zero attached hydrogens (tertiary/aromatic N) is 1. The Balaban J connectivity index is 1.65. The van der Waals surface area contributed by atoms with Crippen LogP contribution in [0.2, 0.25) is 0 Å². The van der Waals surface area contributed by atoms with E-state index in [-0.39, 0.29) is 10.8 Å². The predicted octanol–water partition coefficient (Wildman–Crippen LogP) is 4.47. The first-order valence-electron chi connectivity index (χ1n) is 9.93. The van der Waals surface area contributed by atoms with Crippen LogP contribution >= 0.6 is 15.9 Å². The molecule has 0 aliphatic heterocycles. The molecule has 0 spiro atoms. The van der Waals surface area contributed by atoms with E-state index in [9.17, 15) is 13.2 Å². The maximum Gasteiger partial charge on any atom is 0.258 e. The lowest BCUT2D eigenvalue weighted by Gasteiger charge is -2.20.